The number of nitrogens with zero attached hydrogens (tertiary/aromatic N) is 1. The maximum atomic E-state index is 11.7. The minimum atomic E-state index is -0.669. The van der Waals surface area contributed by atoms with Crippen LogP contribution in [-0.4, -0.2) is 14.9 Å². The lowest BCUT2D eigenvalue weighted by Crippen LogP contribution is -2.15. The predicted molar refractivity (Wildman–Crippen MR) is 53.8 cm³/mol. The van der Waals surface area contributed by atoms with Crippen LogP contribution in [0.2, 0.25) is 0 Å². The van der Waals surface area contributed by atoms with Gasteiger partial charge in [-0.3, -0.25) is 9.19 Å². The van der Waals surface area contributed by atoms with Crippen LogP contribution >= 0.6 is 0 Å². The molecule has 2 rings (SSSR count). The summed E-state index contributed by atoms with van der Waals surface area (Å²) in [6.45, 7) is 0. The molecule has 2 atom stereocenters. The standard InChI is InChI=1S/C10H13NOS/c12-13-7-2-1-5-10(13)9-4-3-6-11-8-9/h3-4,6,8,10H,1-2,5,7H2/t10-,13-/m0/s1. The van der Waals surface area contributed by atoms with Crippen LogP contribution in [-0.2, 0) is 10.8 Å². The van der Waals surface area contributed by atoms with Crippen molar-refractivity contribution < 1.29 is 4.21 Å². The molecule has 1 aliphatic rings. The van der Waals surface area contributed by atoms with Gasteiger partial charge in [0.15, 0.2) is 0 Å². The molecule has 1 aliphatic heterocycles. The van der Waals surface area contributed by atoms with E-state index in [0.29, 0.717) is 0 Å². The van der Waals surface area contributed by atoms with Crippen LogP contribution in [0, 0.1) is 0 Å². The van der Waals surface area contributed by atoms with Crippen molar-refractivity contribution in [2.45, 2.75) is 24.5 Å². The molecule has 0 spiro atoms. The van der Waals surface area contributed by atoms with Gasteiger partial charge in [0.1, 0.15) is 0 Å². The van der Waals surface area contributed by atoms with Crippen molar-refractivity contribution >= 4 is 10.8 Å². The van der Waals surface area contributed by atoms with Crippen LogP contribution < -0.4 is 0 Å². The quantitative estimate of drug-likeness (QED) is 0.686. The number of aromatic nitrogens is 1. The molecule has 1 saturated heterocycles. The smallest absolute Gasteiger partial charge is 0.0612 e. The highest BCUT2D eigenvalue weighted by atomic mass is 32.2. The molecule has 0 bridgehead atoms. The Bertz CT molecular complexity index is 299. The summed E-state index contributed by atoms with van der Waals surface area (Å²) in [5.74, 6) is 0.861. The molecule has 70 valence electrons. The van der Waals surface area contributed by atoms with E-state index >= 15 is 0 Å². The molecular formula is C10H13NOS. The second-order valence-electron chi connectivity index (χ2n) is 3.36. The summed E-state index contributed by atoms with van der Waals surface area (Å²) < 4.78 is 11.7. The number of rotatable bonds is 1. The van der Waals surface area contributed by atoms with E-state index in [9.17, 15) is 4.21 Å². The fourth-order valence-electron chi connectivity index (χ4n) is 1.73. The van der Waals surface area contributed by atoms with Gasteiger partial charge in [-0.1, -0.05) is 12.5 Å². The second kappa shape index (κ2) is 4.01. The molecular weight excluding hydrogens is 182 g/mol. The molecule has 1 aromatic heterocycles. The zero-order valence-corrected chi connectivity index (χ0v) is 8.30. The van der Waals surface area contributed by atoms with Gasteiger partial charge in [-0.25, -0.2) is 0 Å². The average molecular weight is 195 g/mol. The monoisotopic (exact) mass is 195 g/mol. The zero-order chi connectivity index (χ0) is 9.10. The maximum absolute atomic E-state index is 11.7. The Morgan fingerprint density at radius 3 is 3.08 bits per heavy atom. The SMILES string of the molecule is O=[S@]1CCCC[C@H]1c1cccnc1. The molecule has 3 heteroatoms. The molecule has 13 heavy (non-hydrogen) atoms. The van der Waals surface area contributed by atoms with E-state index in [-0.39, 0.29) is 5.25 Å². The topological polar surface area (TPSA) is 30.0 Å². The van der Waals surface area contributed by atoms with E-state index in [0.717, 1.165) is 24.2 Å². The van der Waals surface area contributed by atoms with Crippen molar-refractivity contribution in [3.05, 3.63) is 30.1 Å². The predicted octanol–water partition coefficient (Wildman–Crippen LogP) is 2.06. The molecule has 1 aromatic rings. The van der Waals surface area contributed by atoms with Gasteiger partial charge in [-0.15, -0.1) is 0 Å². The maximum Gasteiger partial charge on any atom is 0.0612 e. The van der Waals surface area contributed by atoms with Crippen molar-refractivity contribution in [3.63, 3.8) is 0 Å². The van der Waals surface area contributed by atoms with Gasteiger partial charge in [0.05, 0.1) is 5.25 Å². The summed E-state index contributed by atoms with van der Waals surface area (Å²) in [4.78, 5) is 4.06. The van der Waals surface area contributed by atoms with Crippen LogP contribution in [0.1, 0.15) is 30.1 Å². The molecule has 2 nitrogen and oxygen atoms in total. The summed E-state index contributed by atoms with van der Waals surface area (Å²) in [7, 11) is -0.669. The molecule has 2 heterocycles. The zero-order valence-electron chi connectivity index (χ0n) is 7.48. The van der Waals surface area contributed by atoms with Crippen molar-refractivity contribution in [1.29, 1.82) is 0 Å². The summed E-state index contributed by atoms with van der Waals surface area (Å²) >= 11 is 0. The molecule has 0 unspecified atom stereocenters. The third-order valence-corrected chi connectivity index (χ3v) is 4.27. The van der Waals surface area contributed by atoms with E-state index in [4.69, 9.17) is 0 Å². The third-order valence-electron chi connectivity index (χ3n) is 2.44. The van der Waals surface area contributed by atoms with E-state index in [1.807, 2.05) is 18.3 Å². The highest BCUT2D eigenvalue weighted by molar-refractivity contribution is 7.85. The van der Waals surface area contributed by atoms with Crippen LogP contribution in [0.15, 0.2) is 24.5 Å². The fourth-order valence-corrected chi connectivity index (χ4v) is 3.38. The van der Waals surface area contributed by atoms with Gasteiger partial charge in [0.2, 0.25) is 0 Å². The van der Waals surface area contributed by atoms with Gasteiger partial charge in [0.25, 0.3) is 0 Å². The number of hydrogen-bond acceptors (Lipinski definition) is 2. The lowest BCUT2D eigenvalue weighted by atomic mass is 10.1. The van der Waals surface area contributed by atoms with Crippen LogP contribution in [0.4, 0.5) is 0 Å². The Hall–Kier alpha value is -0.700. The average Bonchev–Trinajstić information content (AvgIpc) is 2.20. The Morgan fingerprint density at radius 1 is 1.46 bits per heavy atom. The van der Waals surface area contributed by atoms with Gasteiger partial charge in [-0.05, 0) is 24.5 Å². The molecule has 0 aromatic carbocycles. The van der Waals surface area contributed by atoms with Gasteiger partial charge in [-0.2, -0.15) is 0 Å². The van der Waals surface area contributed by atoms with Crippen molar-refractivity contribution in [1.82, 2.24) is 4.98 Å². The molecule has 0 radical (unpaired) electrons. The first-order chi connectivity index (χ1) is 6.38. The molecule has 0 aliphatic carbocycles. The van der Waals surface area contributed by atoms with Crippen molar-refractivity contribution in [2.24, 2.45) is 0 Å². The Labute approximate surface area is 80.8 Å². The molecule has 0 amide bonds. The van der Waals surface area contributed by atoms with Crippen molar-refractivity contribution in [2.75, 3.05) is 5.75 Å². The van der Waals surface area contributed by atoms with Crippen LogP contribution in [0.5, 0.6) is 0 Å². The molecule has 0 N–H and O–H groups in total. The lowest BCUT2D eigenvalue weighted by Gasteiger charge is -2.20. The van der Waals surface area contributed by atoms with Gasteiger partial charge < -0.3 is 0 Å². The lowest BCUT2D eigenvalue weighted by molar-refractivity contribution is 0.618. The Morgan fingerprint density at radius 2 is 2.38 bits per heavy atom. The van der Waals surface area contributed by atoms with Gasteiger partial charge in [0, 0.05) is 28.9 Å². The van der Waals surface area contributed by atoms with Gasteiger partial charge >= 0.3 is 0 Å². The first-order valence-electron chi connectivity index (χ1n) is 4.65. The first-order valence-corrected chi connectivity index (χ1v) is 6.03. The van der Waals surface area contributed by atoms with E-state index in [1.54, 1.807) is 6.20 Å². The molecule has 0 saturated carbocycles. The van der Waals surface area contributed by atoms with Crippen LogP contribution in [0.3, 0.4) is 0 Å². The third kappa shape index (κ3) is 1.97. The first kappa shape index (κ1) is 8.88. The largest absolute Gasteiger partial charge is 0.264 e. The highest BCUT2D eigenvalue weighted by Gasteiger charge is 2.22. The van der Waals surface area contributed by atoms with Crippen LogP contribution in [0.25, 0.3) is 0 Å². The molecule has 1 fully saturated rings. The summed E-state index contributed by atoms with van der Waals surface area (Å²) in [5.41, 5.74) is 1.14. The van der Waals surface area contributed by atoms with E-state index in [2.05, 4.69) is 4.98 Å². The minimum Gasteiger partial charge on any atom is -0.264 e. The summed E-state index contributed by atoms with van der Waals surface area (Å²) in [6, 6.07) is 3.95. The van der Waals surface area contributed by atoms with E-state index < -0.39 is 10.8 Å². The summed E-state index contributed by atoms with van der Waals surface area (Å²) in [5, 5.41) is 0.238. The Kier molecular flexibility index (Phi) is 2.74. The normalized spacial score (nSPS) is 28.6. The fraction of sp³-hybridized carbons (Fsp3) is 0.500. The summed E-state index contributed by atoms with van der Waals surface area (Å²) in [6.07, 6.45) is 6.97. The highest BCUT2D eigenvalue weighted by Crippen LogP contribution is 2.29. The van der Waals surface area contributed by atoms with E-state index in [1.165, 1.54) is 6.42 Å². The number of hydrogen-bond donors (Lipinski definition) is 0. The van der Waals surface area contributed by atoms with Crippen molar-refractivity contribution in [3.8, 4) is 0 Å². The second-order valence-corrected chi connectivity index (χ2v) is 5.09. The minimum absolute atomic E-state index is 0.238. The number of pyridine rings is 1. The Balaban J connectivity index is 2.20.